The summed E-state index contributed by atoms with van der Waals surface area (Å²) in [6, 6.07) is 7.23. The van der Waals surface area contributed by atoms with Crippen LogP contribution < -0.4 is 0 Å². The summed E-state index contributed by atoms with van der Waals surface area (Å²) < 4.78 is 13.3. The zero-order valence-electron chi connectivity index (χ0n) is 8.13. The van der Waals surface area contributed by atoms with Gasteiger partial charge in [-0.05, 0) is 35.4 Å². The molecule has 4 nitrogen and oxygen atoms in total. The molecule has 0 radical (unpaired) electrons. The van der Waals surface area contributed by atoms with Crippen LogP contribution in [0.1, 0.15) is 0 Å². The molecule has 0 spiro atoms. The van der Waals surface area contributed by atoms with Crippen molar-refractivity contribution in [3.05, 3.63) is 58.7 Å². The summed E-state index contributed by atoms with van der Waals surface area (Å²) in [6.45, 7) is 0. The second-order valence-electron chi connectivity index (χ2n) is 3.16. The van der Waals surface area contributed by atoms with E-state index >= 15 is 0 Å². The maximum Gasteiger partial charge on any atom is 0.304 e. The van der Waals surface area contributed by atoms with E-state index < -0.39 is 16.4 Å². The molecule has 0 aliphatic rings. The van der Waals surface area contributed by atoms with Crippen molar-refractivity contribution in [2.45, 2.75) is 0 Å². The number of nitrogens with zero attached hydrogens (tertiary/aromatic N) is 2. The highest BCUT2D eigenvalue weighted by molar-refractivity contribution is 5.64. The Bertz CT molecular complexity index is 529. The molecule has 16 heavy (non-hydrogen) atoms. The number of benzene rings is 1. The van der Waals surface area contributed by atoms with Crippen LogP contribution in [0, 0.1) is 15.9 Å². The molecule has 2 rings (SSSR count). The average molecular weight is 218 g/mol. The molecule has 1 heterocycles. The third-order valence-corrected chi connectivity index (χ3v) is 2.16. The average Bonchev–Trinajstić information content (AvgIpc) is 2.29. The summed E-state index contributed by atoms with van der Waals surface area (Å²) in [5.74, 6) is -0.834. The van der Waals surface area contributed by atoms with Crippen LogP contribution in [0.15, 0.2) is 42.7 Å². The molecule has 0 aliphatic carbocycles. The normalized spacial score (nSPS) is 10.1. The van der Waals surface area contributed by atoms with E-state index in [2.05, 4.69) is 4.98 Å². The molecular weight excluding hydrogens is 211 g/mol. The topological polar surface area (TPSA) is 56.0 Å². The predicted octanol–water partition coefficient (Wildman–Crippen LogP) is 2.80. The number of rotatable bonds is 2. The fourth-order valence-corrected chi connectivity index (χ4v) is 1.38. The van der Waals surface area contributed by atoms with E-state index in [-0.39, 0.29) is 0 Å². The molecule has 0 saturated carbocycles. The number of hydrogen-bond donors (Lipinski definition) is 0. The van der Waals surface area contributed by atoms with E-state index in [1.807, 2.05) is 0 Å². The summed E-state index contributed by atoms with van der Waals surface area (Å²) >= 11 is 0. The van der Waals surface area contributed by atoms with E-state index in [9.17, 15) is 14.5 Å². The molecule has 0 bridgehead atoms. The Balaban J connectivity index is 2.46. The molecule has 0 unspecified atom stereocenters. The number of pyridine rings is 1. The Labute approximate surface area is 90.5 Å². The Kier molecular flexibility index (Phi) is 2.59. The lowest BCUT2D eigenvalue weighted by Gasteiger charge is -2.01. The minimum absolute atomic E-state index is 0.516. The van der Waals surface area contributed by atoms with Crippen molar-refractivity contribution in [3.8, 4) is 11.1 Å². The molecule has 0 saturated heterocycles. The van der Waals surface area contributed by atoms with Gasteiger partial charge in [-0.1, -0.05) is 0 Å². The van der Waals surface area contributed by atoms with Crippen molar-refractivity contribution in [1.29, 1.82) is 0 Å². The summed E-state index contributed by atoms with van der Waals surface area (Å²) in [4.78, 5) is 13.5. The first kappa shape index (κ1) is 10.2. The summed E-state index contributed by atoms with van der Waals surface area (Å²) in [7, 11) is 0. The van der Waals surface area contributed by atoms with Gasteiger partial charge in [0.1, 0.15) is 0 Å². The van der Waals surface area contributed by atoms with Gasteiger partial charge in [-0.3, -0.25) is 15.1 Å². The van der Waals surface area contributed by atoms with Gasteiger partial charge in [0, 0.05) is 18.5 Å². The monoisotopic (exact) mass is 218 g/mol. The van der Waals surface area contributed by atoms with Crippen LogP contribution in [0.5, 0.6) is 0 Å². The fourth-order valence-electron chi connectivity index (χ4n) is 1.38. The zero-order chi connectivity index (χ0) is 11.5. The highest BCUT2D eigenvalue weighted by Crippen LogP contribution is 2.24. The molecule has 0 fully saturated rings. The van der Waals surface area contributed by atoms with Crippen LogP contribution in [0.2, 0.25) is 0 Å². The molecular formula is C11H7FN2O2. The number of nitro benzene ring substituents is 1. The van der Waals surface area contributed by atoms with Crippen LogP contribution in [0.4, 0.5) is 10.1 Å². The zero-order valence-corrected chi connectivity index (χ0v) is 8.13. The molecule has 0 atom stereocenters. The predicted molar refractivity (Wildman–Crippen MR) is 56.3 cm³/mol. The summed E-state index contributed by atoms with van der Waals surface area (Å²) in [5.41, 5.74) is 0.840. The van der Waals surface area contributed by atoms with Gasteiger partial charge in [0.2, 0.25) is 5.82 Å². The lowest BCUT2D eigenvalue weighted by atomic mass is 10.1. The van der Waals surface area contributed by atoms with Gasteiger partial charge in [0.25, 0.3) is 0 Å². The van der Waals surface area contributed by atoms with Gasteiger partial charge in [0.15, 0.2) is 0 Å². The van der Waals surface area contributed by atoms with Gasteiger partial charge < -0.3 is 0 Å². The summed E-state index contributed by atoms with van der Waals surface area (Å²) in [6.07, 6.45) is 3.16. The number of nitro groups is 1. The van der Waals surface area contributed by atoms with Crippen molar-refractivity contribution in [2.75, 3.05) is 0 Å². The maximum absolute atomic E-state index is 13.3. The molecule has 2 aromatic rings. The Hall–Kier alpha value is -2.30. The van der Waals surface area contributed by atoms with Gasteiger partial charge in [-0.2, -0.15) is 4.39 Å². The Morgan fingerprint density at radius 3 is 2.38 bits per heavy atom. The first-order valence-corrected chi connectivity index (χ1v) is 4.53. The third-order valence-electron chi connectivity index (χ3n) is 2.16. The van der Waals surface area contributed by atoms with Crippen molar-refractivity contribution < 1.29 is 9.31 Å². The minimum Gasteiger partial charge on any atom is -0.265 e. The number of halogens is 1. The van der Waals surface area contributed by atoms with Gasteiger partial charge >= 0.3 is 5.69 Å². The van der Waals surface area contributed by atoms with Gasteiger partial charge in [-0.25, -0.2) is 0 Å². The molecule has 5 heteroatoms. The minimum atomic E-state index is -0.834. The molecule has 0 N–H and O–H groups in total. The van der Waals surface area contributed by atoms with E-state index in [4.69, 9.17) is 0 Å². The molecule has 1 aromatic heterocycles. The van der Waals surface area contributed by atoms with Crippen molar-refractivity contribution in [2.24, 2.45) is 0 Å². The molecule has 80 valence electrons. The Morgan fingerprint density at radius 1 is 1.12 bits per heavy atom. The summed E-state index contributed by atoms with van der Waals surface area (Å²) in [5, 5.41) is 10.4. The smallest absolute Gasteiger partial charge is 0.265 e. The van der Waals surface area contributed by atoms with E-state index in [1.54, 1.807) is 24.5 Å². The van der Waals surface area contributed by atoms with Gasteiger partial charge in [-0.15, -0.1) is 0 Å². The van der Waals surface area contributed by atoms with E-state index in [0.29, 0.717) is 5.56 Å². The van der Waals surface area contributed by atoms with Crippen molar-refractivity contribution >= 4 is 5.69 Å². The lowest BCUT2D eigenvalue weighted by Crippen LogP contribution is -1.92. The second-order valence-corrected chi connectivity index (χ2v) is 3.16. The first-order valence-electron chi connectivity index (χ1n) is 4.53. The number of hydrogen-bond acceptors (Lipinski definition) is 3. The second kappa shape index (κ2) is 4.06. The van der Waals surface area contributed by atoms with Crippen LogP contribution in [-0.4, -0.2) is 9.91 Å². The Morgan fingerprint density at radius 2 is 1.81 bits per heavy atom. The SMILES string of the molecule is O=[N+]([O-])c1ccc(-c2ccncc2)cc1F. The highest BCUT2D eigenvalue weighted by atomic mass is 19.1. The molecule has 1 aromatic carbocycles. The van der Waals surface area contributed by atoms with E-state index in [1.165, 1.54) is 6.07 Å². The van der Waals surface area contributed by atoms with Crippen LogP contribution in [0.25, 0.3) is 11.1 Å². The first-order chi connectivity index (χ1) is 7.68. The fraction of sp³-hybridized carbons (Fsp3) is 0. The quantitative estimate of drug-likeness (QED) is 0.575. The van der Waals surface area contributed by atoms with Crippen LogP contribution in [-0.2, 0) is 0 Å². The largest absolute Gasteiger partial charge is 0.304 e. The lowest BCUT2D eigenvalue weighted by molar-refractivity contribution is -0.387. The van der Waals surface area contributed by atoms with Crippen molar-refractivity contribution in [3.63, 3.8) is 0 Å². The van der Waals surface area contributed by atoms with Gasteiger partial charge in [0.05, 0.1) is 4.92 Å². The highest BCUT2D eigenvalue weighted by Gasteiger charge is 2.13. The van der Waals surface area contributed by atoms with Crippen LogP contribution >= 0.6 is 0 Å². The van der Waals surface area contributed by atoms with Crippen LogP contribution in [0.3, 0.4) is 0 Å². The standard InChI is InChI=1S/C11H7FN2O2/c12-10-7-9(1-2-11(10)14(15)16)8-3-5-13-6-4-8/h1-7H. The molecule has 0 amide bonds. The number of aromatic nitrogens is 1. The van der Waals surface area contributed by atoms with Crippen molar-refractivity contribution in [1.82, 2.24) is 4.98 Å². The third kappa shape index (κ3) is 1.88. The molecule has 0 aliphatic heterocycles. The maximum atomic E-state index is 13.3. The van der Waals surface area contributed by atoms with E-state index in [0.717, 1.165) is 17.7 Å².